The van der Waals surface area contributed by atoms with Gasteiger partial charge in [0.1, 0.15) is 11.3 Å². The topological polar surface area (TPSA) is 79.4 Å². The number of benzene rings is 2. The summed E-state index contributed by atoms with van der Waals surface area (Å²) in [5.41, 5.74) is 3.07. The van der Waals surface area contributed by atoms with E-state index in [0.717, 1.165) is 17.8 Å². The van der Waals surface area contributed by atoms with Crippen molar-refractivity contribution in [2.24, 2.45) is 0 Å². The largest absolute Gasteiger partial charge is 0.494 e. The maximum Gasteiger partial charge on any atom is 0.227 e. The van der Waals surface area contributed by atoms with Crippen molar-refractivity contribution in [3.63, 3.8) is 0 Å². The third-order valence-corrected chi connectivity index (χ3v) is 5.18. The van der Waals surface area contributed by atoms with Gasteiger partial charge in [0.2, 0.25) is 12.4 Å². The molecule has 0 aliphatic carbocycles. The van der Waals surface area contributed by atoms with Crippen LogP contribution in [-0.2, 0) is 11.3 Å². The average Bonchev–Trinajstić information content (AvgIpc) is 2.64. The van der Waals surface area contributed by atoms with Gasteiger partial charge in [-0.05, 0) is 59.9 Å². The molecule has 0 fully saturated rings. The number of rotatable bonds is 7. The van der Waals surface area contributed by atoms with E-state index < -0.39 is 0 Å². The molecule has 0 radical (unpaired) electrons. The summed E-state index contributed by atoms with van der Waals surface area (Å²) >= 11 is 9.75. The Morgan fingerprint density at radius 3 is 2.68 bits per heavy atom. The van der Waals surface area contributed by atoms with E-state index in [0.29, 0.717) is 44.2 Å². The molecule has 9 heteroatoms. The van der Waals surface area contributed by atoms with E-state index in [1.165, 1.54) is 0 Å². The summed E-state index contributed by atoms with van der Waals surface area (Å²) in [5.74, 6) is 0.977. The Balaban J connectivity index is 2.01. The van der Waals surface area contributed by atoms with Crippen LogP contribution >= 0.6 is 27.5 Å². The number of ether oxygens (including phenoxy) is 1. The molecule has 1 amide bonds. The molecule has 2 N–H and O–H groups in total. The van der Waals surface area contributed by atoms with E-state index in [-0.39, 0.29) is 0 Å². The van der Waals surface area contributed by atoms with Crippen LogP contribution in [0.4, 0.5) is 17.3 Å². The molecule has 0 unspecified atom stereocenters. The van der Waals surface area contributed by atoms with E-state index in [1.54, 1.807) is 19.4 Å². The molecule has 0 atom stereocenters. The number of methoxy groups -OCH3 is 1. The van der Waals surface area contributed by atoms with Gasteiger partial charge in [0.25, 0.3) is 0 Å². The summed E-state index contributed by atoms with van der Waals surface area (Å²) < 4.78 is 6.13. The Kier molecular flexibility index (Phi) is 6.33. The number of carbonyl (C=O) groups excluding carboxylic acids is 1. The van der Waals surface area contributed by atoms with Crippen molar-refractivity contribution in [3.8, 4) is 5.75 Å². The molecule has 146 valence electrons. The number of hydrogen-bond donors (Lipinski definition) is 2. The number of amides is 1. The number of hydrogen-bond acceptors (Lipinski definition) is 6. The lowest BCUT2D eigenvalue weighted by Crippen LogP contribution is -2.11. The monoisotopic (exact) mass is 463 g/mol. The van der Waals surface area contributed by atoms with E-state index in [4.69, 9.17) is 16.3 Å². The number of halogens is 2. The van der Waals surface area contributed by atoms with Crippen LogP contribution in [0.5, 0.6) is 5.75 Å². The predicted molar refractivity (Wildman–Crippen MR) is 116 cm³/mol. The van der Waals surface area contributed by atoms with Crippen molar-refractivity contribution < 1.29 is 9.53 Å². The zero-order chi connectivity index (χ0) is 20.3. The van der Waals surface area contributed by atoms with Gasteiger partial charge in [-0.15, -0.1) is 0 Å². The van der Waals surface area contributed by atoms with Crippen molar-refractivity contribution in [1.29, 1.82) is 0 Å². The van der Waals surface area contributed by atoms with Crippen LogP contribution in [0.2, 0.25) is 5.02 Å². The van der Waals surface area contributed by atoms with E-state index in [9.17, 15) is 4.79 Å². The maximum atomic E-state index is 10.9. The summed E-state index contributed by atoms with van der Waals surface area (Å²) in [7, 11) is 5.54. The molecule has 0 bridgehead atoms. The molecular weight excluding hydrogens is 446 g/mol. The predicted octanol–water partition coefficient (Wildman–Crippen LogP) is 4.43. The Morgan fingerprint density at radius 2 is 2.00 bits per heavy atom. The summed E-state index contributed by atoms with van der Waals surface area (Å²) in [6, 6.07) is 7.48. The van der Waals surface area contributed by atoms with Gasteiger partial charge in [-0.2, -0.15) is 0 Å². The third kappa shape index (κ3) is 4.52. The summed E-state index contributed by atoms with van der Waals surface area (Å²) in [4.78, 5) is 21.8. The van der Waals surface area contributed by atoms with E-state index >= 15 is 0 Å². The summed E-state index contributed by atoms with van der Waals surface area (Å²) in [5, 5.41) is 7.08. The van der Waals surface area contributed by atoms with Crippen LogP contribution in [-0.4, -0.2) is 42.5 Å². The van der Waals surface area contributed by atoms with Gasteiger partial charge in [-0.1, -0.05) is 11.6 Å². The quantitative estimate of drug-likeness (QED) is 0.504. The fourth-order valence-electron chi connectivity index (χ4n) is 2.82. The number of nitrogens with one attached hydrogen (secondary N) is 2. The lowest BCUT2D eigenvalue weighted by atomic mass is 10.1. The van der Waals surface area contributed by atoms with Crippen molar-refractivity contribution in [2.45, 2.75) is 6.54 Å². The molecule has 3 rings (SSSR count). The fraction of sp³-hybridized carbons (Fsp3) is 0.211. The van der Waals surface area contributed by atoms with Gasteiger partial charge >= 0.3 is 0 Å². The van der Waals surface area contributed by atoms with Crippen LogP contribution in [0.15, 0.2) is 34.9 Å². The van der Waals surface area contributed by atoms with Crippen molar-refractivity contribution in [2.75, 3.05) is 31.8 Å². The molecule has 2 aromatic carbocycles. The zero-order valence-corrected chi connectivity index (χ0v) is 17.9. The second-order valence-corrected chi connectivity index (χ2v) is 7.61. The summed E-state index contributed by atoms with van der Waals surface area (Å²) in [6.07, 6.45) is 2.30. The fourth-order valence-corrected chi connectivity index (χ4v) is 3.44. The second kappa shape index (κ2) is 8.72. The Morgan fingerprint density at radius 1 is 1.25 bits per heavy atom. The molecular formula is C19H19BrClN5O2. The van der Waals surface area contributed by atoms with Crippen molar-refractivity contribution in [3.05, 3.63) is 45.5 Å². The molecule has 1 aromatic heterocycles. The van der Waals surface area contributed by atoms with Gasteiger partial charge in [-0.3, -0.25) is 4.79 Å². The first kappa shape index (κ1) is 20.3. The number of carbonyl (C=O) groups is 1. The van der Waals surface area contributed by atoms with Crippen LogP contribution in [0, 0.1) is 0 Å². The number of aromatic nitrogens is 2. The third-order valence-electron chi connectivity index (χ3n) is 3.92. The highest BCUT2D eigenvalue weighted by Crippen LogP contribution is 2.36. The minimum Gasteiger partial charge on any atom is -0.494 e. The summed E-state index contributed by atoms with van der Waals surface area (Å²) in [6.45, 7) is 0.721. The van der Waals surface area contributed by atoms with Crippen molar-refractivity contribution in [1.82, 2.24) is 14.9 Å². The first-order valence-corrected chi connectivity index (χ1v) is 9.53. The highest BCUT2D eigenvalue weighted by atomic mass is 79.9. The molecule has 28 heavy (non-hydrogen) atoms. The molecule has 1 heterocycles. The molecule has 0 spiro atoms. The molecule has 0 aliphatic rings. The van der Waals surface area contributed by atoms with Crippen molar-refractivity contribution >= 4 is 62.2 Å². The van der Waals surface area contributed by atoms with Crippen LogP contribution in [0.25, 0.3) is 10.9 Å². The smallest absolute Gasteiger partial charge is 0.227 e. The molecule has 3 aromatic rings. The normalized spacial score (nSPS) is 10.9. The van der Waals surface area contributed by atoms with Gasteiger partial charge in [0.05, 0.1) is 12.1 Å². The van der Waals surface area contributed by atoms with Gasteiger partial charge in [-0.25, -0.2) is 9.97 Å². The van der Waals surface area contributed by atoms with Gasteiger partial charge in [0.15, 0.2) is 0 Å². The minimum atomic E-state index is 0.392. The minimum absolute atomic E-state index is 0.392. The number of fused-ring (bicyclic) bond motifs is 1. The average molecular weight is 465 g/mol. The second-order valence-electron chi connectivity index (χ2n) is 6.37. The highest BCUT2D eigenvalue weighted by Gasteiger charge is 2.13. The standard InChI is InChI=1S/C19H19BrClN5O2/c1-26(2)9-11-4-12(23-10-27)6-13(5-11)24-19-22-8-14-17(21)15(20)7-16(28-3)18(14)25-19/h4-8,10H,9H2,1-3H3,(H,23,27)(H,22,24,25). The first-order valence-electron chi connectivity index (χ1n) is 8.36. The van der Waals surface area contributed by atoms with Crippen LogP contribution in [0.1, 0.15) is 5.56 Å². The van der Waals surface area contributed by atoms with Crippen LogP contribution < -0.4 is 15.4 Å². The van der Waals surface area contributed by atoms with Gasteiger partial charge in [0, 0.05) is 34.0 Å². The Labute approximate surface area is 176 Å². The van der Waals surface area contributed by atoms with Crippen LogP contribution in [0.3, 0.4) is 0 Å². The molecule has 0 saturated carbocycles. The van der Waals surface area contributed by atoms with Gasteiger partial charge < -0.3 is 20.3 Å². The molecule has 7 nitrogen and oxygen atoms in total. The number of anilines is 3. The Hall–Kier alpha value is -2.42. The lowest BCUT2D eigenvalue weighted by Gasteiger charge is -2.14. The molecule has 0 saturated heterocycles. The number of nitrogens with zero attached hydrogens (tertiary/aromatic N) is 3. The lowest BCUT2D eigenvalue weighted by molar-refractivity contribution is -0.105. The Bertz CT molecular complexity index is 1030. The maximum absolute atomic E-state index is 10.9. The highest BCUT2D eigenvalue weighted by molar-refractivity contribution is 9.10. The van der Waals surface area contributed by atoms with E-state index in [2.05, 4.69) is 36.5 Å². The zero-order valence-electron chi connectivity index (χ0n) is 15.6. The first-order chi connectivity index (χ1) is 13.4. The van der Waals surface area contributed by atoms with E-state index in [1.807, 2.05) is 37.2 Å². The molecule has 0 aliphatic heterocycles. The SMILES string of the molecule is COc1cc(Br)c(Cl)c2cnc(Nc3cc(CN(C)C)cc(NC=O)c3)nc12.